The lowest BCUT2D eigenvalue weighted by Crippen LogP contribution is -2.44. The molecule has 0 amide bonds. The molecule has 0 spiro atoms. The van der Waals surface area contributed by atoms with Gasteiger partial charge in [-0.2, -0.15) is 0 Å². The van der Waals surface area contributed by atoms with E-state index in [0.717, 1.165) is 24.6 Å². The highest BCUT2D eigenvalue weighted by Gasteiger charge is 2.51. The third-order valence-electron chi connectivity index (χ3n) is 7.93. The lowest BCUT2D eigenvalue weighted by molar-refractivity contribution is 0.0505. The number of benzene rings is 1. The molecule has 0 bridgehead atoms. The minimum Gasteiger partial charge on any atom is -0.504 e. The van der Waals surface area contributed by atoms with E-state index >= 15 is 0 Å². The van der Waals surface area contributed by atoms with Crippen LogP contribution in [-0.4, -0.2) is 31.9 Å². The molecule has 0 aliphatic heterocycles. The van der Waals surface area contributed by atoms with E-state index in [2.05, 4.69) is 27.7 Å². The van der Waals surface area contributed by atoms with Crippen LogP contribution >= 0.6 is 0 Å². The van der Waals surface area contributed by atoms with Crippen molar-refractivity contribution in [2.45, 2.75) is 71.1 Å². The van der Waals surface area contributed by atoms with E-state index in [-0.39, 0.29) is 22.0 Å². The van der Waals surface area contributed by atoms with Gasteiger partial charge in [0.05, 0.1) is 11.0 Å². The van der Waals surface area contributed by atoms with Gasteiger partial charge in [-0.1, -0.05) is 34.1 Å². The summed E-state index contributed by atoms with van der Waals surface area (Å²) in [5, 5.41) is 41.6. The van der Waals surface area contributed by atoms with Crippen molar-refractivity contribution >= 4 is 23.5 Å². The van der Waals surface area contributed by atoms with Crippen LogP contribution in [-0.2, 0) is 12.5 Å². The third kappa shape index (κ3) is 2.47. The maximum Gasteiger partial charge on any atom is 0.494 e. The van der Waals surface area contributed by atoms with Crippen molar-refractivity contribution in [1.82, 2.24) is 4.57 Å². The van der Waals surface area contributed by atoms with Crippen LogP contribution in [0.15, 0.2) is 6.07 Å². The van der Waals surface area contributed by atoms with Crippen LogP contribution in [0.25, 0.3) is 10.9 Å². The third-order valence-corrected chi connectivity index (χ3v) is 7.93. The Morgan fingerprint density at radius 2 is 1.79 bits per heavy atom. The normalized spacial score (nSPS) is 29.2. The Hall–Kier alpha value is -1.66. The second-order valence-corrected chi connectivity index (χ2v) is 10.0. The number of aromatic nitrogens is 1. The van der Waals surface area contributed by atoms with Crippen molar-refractivity contribution in [3.8, 4) is 11.5 Å². The predicted octanol–water partition coefficient (Wildman–Crippen LogP) is 3.25. The van der Waals surface area contributed by atoms with Crippen LogP contribution in [0.4, 0.5) is 0 Å². The predicted molar refractivity (Wildman–Crippen MR) is 112 cm³/mol. The zero-order valence-corrected chi connectivity index (χ0v) is 17.6. The summed E-state index contributed by atoms with van der Waals surface area (Å²) in [6, 6.07) is 1.62. The van der Waals surface area contributed by atoms with Gasteiger partial charge in [0, 0.05) is 18.1 Å². The van der Waals surface area contributed by atoms with Gasteiger partial charge in [0.15, 0.2) is 11.5 Å². The Morgan fingerprint density at radius 3 is 2.43 bits per heavy atom. The minimum absolute atomic E-state index is 0.00649. The van der Waals surface area contributed by atoms with Crippen molar-refractivity contribution < 1.29 is 20.3 Å². The van der Waals surface area contributed by atoms with Crippen molar-refractivity contribution in [3.05, 3.63) is 17.3 Å². The molecule has 0 radical (unpaired) electrons. The topological polar surface area (TPSA) is 85.9 Å². The van der Waals surface area contributed by atoms with Gasteiger partial charge in [-0.25, -0.2) is 0 Å². The van der Waals surface area contributed by atoms with Crippen LogP contribution in [0.5, 0.6) is 11.5 Å². The van der Waals surface area contributed by atoms with Crippen LogP contribution in [0.2, 0.25) is 0 Å². The molecule has 1 heterocycles. The Kier molecular flexibility index (Phi) is 4.33. The molecule has 4 N–H and O–H groups in total. The fourth-order valence-electron chi connectivity index (χ4n) is 6.75. The average molecular weight is 385 g/mol. The number of hydrogen-bond acceptors (Lipinski definition) is 4. The first-order valence-electron chi connectivity index (χ1n) is 10.4. The van der Waals surface area contributed by atoms with Gasteiger partial charge < -0.3 is 24.8 Å². The number of rotatable bonds is 1. The van der Waals surface area contributed by atoms with E-state index in [1.807, 2.05) is 11.6 Å². The number of phenolic OH excluding ortho intramolecular Hbond substituents is 2. The Labute approximate surface area is 167 Å². The first-order valence-corrected chi connectivity index (χ1v) is 10.4. The lowest BCUT2D eigenvalue weighted by Gasteiger charge is -2.51. The van der Waals surface area contributed by atoms with E-state index in [9.17, 15) is 20.3 Å². The molecular formula is C22H32BNO4. The van der Waals surface area contributed by atoms with E-state index in [1.165, 1.54) is 24.1 Å². The average Bonchev–Trinajstić information content (AvgIpc) is 2.80. The molecule has 28 heavy (non-hydrogen) atoms. The van der Waals surface area contributed by atoms with Crippen LogP contribution in [0.1, 0.15) is 77.0 Å². The molecule has 1 aromatic carbocycles. The molecule has 1 aromatic heterocycles. The van der Waals surface area contributed by atoms with Gasteiger partial charge in [-0.3, -0.25) is 0 Å². The standard InChI is InChI=1S/C22H32BNO4/c1-12-7-8-15-21(2,3)9-6-10-22(15,4)16-13-11-14(25)20(26)17(23(27)28)19(13)24(5)18(12)16/h11-12,15,25-28H,6-10H2,1-5H3. The number of nitrogens with zero attached hydrogens (tertiary/aromatic N) is 1. The van der Waals surface area contributed by atoms with Gasteiger partial charge in [-0.15, -0.1) is 0 Å². The second kappa shape index (κ2) is 6.17. The Bertz CT molecular complexity index is 948. The summed E-state index contributed by atoms with van der Waals surface area (Å²) >= 11 is 0. The van der Waals surface area contributed by atoms with Crippen LogP contribution in [0, 0.1) is 11.3 Å². The minimum atomic E-state index is -1.85. The molecule has 6 heteroatoms. The molecule has 4 rings (SSSR count). The van der Waals surface area contributed by atoms with E-state index in [4.69, 9.17) is 0 Å². The SMILES string of the molecule is CC1CCC2C(C)(C)CCCC2(C)c2c1n(C)c1c(B(O)O)c(O)c(O)cc21. The monoisotopic (exact) mass is 385 g/mol. The quantitative estimate of drug-likeness (QED) is 0.449. The van der Waals surface area contributed by atoms with Crippen LogP contribution < -0.4 is 5.46 Å². The number of hydrogen-bond donors (Lipinski definition) is 4. The smallest absolute Gasteiger partial charge is 0.494 e. The molecule has 0 saturated heterocycles. The largest absolute Gasteiger partial charge is 0.504 e. The van der Waals surface area contributed by atoms with Crippen molar-refractivity contribution in [2.24, 2.45) is 18.4 Å². The van der Waals surface area contributed by atoms with Crippen LogP contribution in [0.3, 0.4) is 0 Å². The highest BCUT2D eigenvalue weighted by atomic mass is 16.4. The molecule has 1 saturated carbocycles. The first kappa shape index (κ1) is 19.7. The van der Waals surface area contributed by atoms with Gasteiger partial charge in [0.25, 0.3) is 0 Å². The molecule has 5 nitrogen and oxygen atoms in total. The van der Waals surface area contributed by atoms with Gasteiger partial charge in [0.2, 0.25) is 0 Å². The van der Waals surface area contributed by atoms with E-state index in [1.54, 1.807) is 6.07 Å². The highest BCUT2D eigenvalue weighted by molar-refractivity contribution is 6.63. The summed E-state index contributed by atoms with van der Waals surface area (Å²) in [6.45, 7) is 9.35. The number of phenols is 2. The number of aryl methyl sites for hydroxylation is 1. The molecule has 2 aliphatic carbocycles. The molecule has 3 unspecified atom stereocenters. The second-order valence-electron chi connectivity index (χ2n) is 10.0. The summed E-state index contributed by atoms with van der Waals surface area (Å²) in [5.41, 5.74) is 3.21. The molecule has 2 aliphatic rings. The zero-order valence-electron chi connectivity index (χ0n) is 17.6. The fraction of sp³-hybridized carbons (Fsp3) is 0.636. The zero-order chi connectivity index (χ0) is 20.6. The molecule has 3 atom stereocenters. The maximum atomic E-state index is 10.4. The highest BCUT2D eigenvalue weighted by Crippen LogP contribution is 2.59. The van der Waals surface area contributed by atoms with Crippen molar-refractivity contribution in [1.29, 1.82) is 0 Å². The summed E-state index contributed by atoms with van der Waals surface area (Å²) in [4.78, 5) is 0. The number of aromatic hydroxyl groups is 2. The fourth-order valence-corrected chi connectivity index (χ4v) is 6.75. The van der Waals surface area contributed by atoms with E-state index in [0.29, 0.717) is 17.4 Å². The molecule has 1 fully saturated rings. The number of fused-ring (bicyclic) bond motifs is 5. The maximum absolute atomic E-state index is 10.4. The lowest BCUT2D eigenvalue weighted by atomic mass is 9.53. The van der Waals surface area contributed by atoms with Gasteiger partial charge in [0.1, 0.15) is 0 Å². The molecular weight excluding hydrogens is 353 g/mol. The molecule has 2 aromatic rings. The Morgan fingerprint density at radius 1 is 1.11 bits per heavy atom. The first-order chi connectivity index (χ1) is 13.0. The summed E-state index contributed by atoms with van der Waals surface area (Å²) in [5.74, 6) is 0.0906. The summed E-state index contributed by atoms with van der Waals surface area (Å²) in [6.07, 6.45) is 5.70. The Balaban J connectivity index is 2.14. The summed E-state index contributed by atoms with van der Waals surface area (Å²) in [7, 11) is 0.0890. The van der Waals surface area contributed by atoms with Crippen molar-refractivity contribution in [3.63, 3.8) is 0 Å². The van der Waals surface area contributed by atoms with Gasteiger partial charge in [-0.05, 0) is 60.0 Å². The summed E-state index contributed by atoms with van der Waals surface area (Å²) < 4.78 is 2.03. The molecule has 152 valence electrons. The van der Waals surface area contributed by atoms with Crippen molar-refractivity contribution in [2.75, 3.05) is 0 Å². The van der Waals surface area contributed by atoms with Gasteiger partial charge >= 0.3 is 7.12 Å². The van der Waals surface area contributed by atoms with E-state index < -0.39 is 12.9 Å².